The number of hydrogen-bond acceptors (Lipinski definition) is 8. The van der Waals surface area contributed by atoms with Gasteiger partial charge in [0.2, 0.25) is 5.76 Å². The van der Waals surface area contributed by atoms with Crippen molar-refractivity contribution >= 4 is 23.5 Å². The van der Waals surface area contributed by atoms with Gasteiger partial charge >= 0.3 is 11.9 Å². The summed E-state index contributed by atoms with van der Waals surface area (Å²) in [7, 11) is 1.56. The lowest BCUT2D eigenvalue weighted by atomic mass is 10.0. The highest BCUT2D eigenvalue weighted by Gasteiger charge is 2.22. The molecular weight excluding hydrogens is 442 g/mol. The van der Waals surface area contributed by atoms with Crippen LogP contribution in [0.15, 0.2) is 53.1 Å². The molecule has 10 nitrogen and oxygen atoms in total. The zero-order valence-electron chi connectivity index (χ0n) is 16.9. The molecule has 0 aliphatic rings. The molecule has 32 heavy (non-hydrogen) atoms. The zero-order chi connectivity index (χ0) is 23.3. The Hall–Kier alpha value is -3.60. The summed E-state index contributed by atoms with van der Waals surface area (Å²) in [5.74, 6) is -2.31. The lowest BCUT2D eigenvalue weighted by molar-refractivity contribution is -0.148. The minimum Gasteiger partial charge on any atom is -0.496 e. The molecule has 0 aliphatic carbocycles. The van der Waals surface area contributed by atoms with Crippen molar-refractivity contribution in [2.24, 2.45) is 0 Å². The number of hydrazine groups is 1. The van der Waals surface area contributed by atoms with E-state index < -0.39 is 30.4 Å². The topological polar surface area (TPSA) is 145 Å². The Labute approximate surface area is 187 Å². The van der Waals surface area contributed by atoms with Crippen molar-refractivity contribution in [2.75, 3.05) is 13.7 Å². The van der Waals surface area contributed by atoms with Crippen molar-refractivity contribution in [1.29, 1.82) is 0 Å². The molecule has 0 aliphatic heterocycles. The molecule has 0 radical (unpaired) electrons. The Morgan fingerprint density at radius 1 is 1.22 bits per heavy atom. The first-order chi connectivity index (χ1) is 15.3. The van der Waals surface area contributed by atoms with E-state index in [0.717, 1.165) is 17.2 Å². The number of rotatable bonds is 9. The van der Waals surface area contributed by atoms with E-state index >= 15 is 0 Å². The molecule has 11 heteroatoms. The smallest absolute Gasteiger partial charge is 0.333 e. The highest BCUT2D eigenvalue weighted by Crippen LogP contribution is 2.32. The molecule has 3 aromatic rings. The summed E-state index contributed by atoms with van der Waals surface area (Å²) in [5.41, 5.74) is 4.79. The van der Waals surface area contributed by atoms with Gasteiger partial charge in [-0.05, 0) is 34.5 Å². The van der Waals surface area contributed by atoms with Crippen LogP contribution in [0.3, 0.4) is 0 Å². The number of nitrogens with one attached hydrogen (secondary N) is 1. The summed E-state index contributed by atoms with van der Waals surface area (Å²) in [6, 6.07) is 13.5. The number of nitrogens with zero attached hydrogens (tertiary/aromatic N) is 2. The summed E-state index contributed by atoms with van der Waals surface area (Å²) in [4.78, 5) is 23.4. The Kier molecular flexibility index (Phi) is 7.31. The zero-order valence-corrected chi connectivity index (χ0v) is 17.6. The Morgan fingerprint density at radius 2 is 1.94 bits per heavy atom. The van der Waals surface area contributed by atoms with Gasteiger partial charge in [0.15, 0.2) is 6.10 Å². The van der Waals surface area contributed by atoms with Gasteiger partial charge in [-0.3, -0.25) is 10.2 Å². The number of aliphatic hydroxyl groups excluding tert-OH is 1. The first kappa shape index (κ1) is 23.1. The van der Waals surface area contributed by atoms with Crippen LogP contribution in [-0.4, -0.2) is 57.1 Å². The standard InChI is InChI=1S/C21H20ClN3O7/c1-31-17-7-6-14(22)8-15(17)13-4-2-12(3-5-13)10-25(11-16(26)21(29)30)23-20(28)18-9-19(27)24-32-18/h2-9,16,26H,10-11H2,1H3,(H,23,28)(H,24,27)(H,29,30). The lowest BCUT2D eigenvalue weighted by Crippen LogP contribution is -2.47. The minimum atomic E-state index is -1.74. The van der Waals surface area contributed by atoms with Crippen molar-refractivity contribution in [1.82, 2.24) is 15.6 Å². The van der Waals surface area contributed by atoms with Crippen LogP contribution in [0.5, 0.6) is 11.6 Å². The number of carbonyl (C=O) groups is 2. The molecule has 1 atom stereocenters. The number of amides is 1. The van der Waals surface area contributed by atoms with E-state index in [9.17, 15) is 19.8 Å². The fourth-order valence-electron chi connectivity index (χ4n) is 2.92. The first-order valence-corrected chi connectivity index (χ1v) is 9.70. The lowest BCUT2D eigenvalue weighted by Gasteiger charge is -2.24. The Morgan fingerprint density at radius 3 is 2.53 bits per heavy atom. The number of halogens is 1. The average molecular weight is 462 g/mol. The maximum absolute atomic E-state index is 12.3. The second-order valence-electron chi connectivity index (χ2n) is 6.77. The third-order valence-corrected chi connectivity index (χ3v) is 4.69. The molecule has 1 unspecified atom stereocenters. The molecule has 0 saturated carbocycles. The number of benzene rings is 2. The molecule has 4 N–H and O–H groups in total. The molecule has 0 fully saturated rings. The summed E-state index contributed by atoms with van der Waals surface area (Å²) in [6.07, 6.45) is -1.74. The molecule has 2 aromatic carbocycles. The molecule has 1 amide bonds. The van der Waals surface area contributed by atoms with Crippen molar-refractivity contribution in [3.63, 3.8) is 0 Å². The monoisotopic (exact) mass is 461 g/mol. The summed E-state index contributed by atoms with van der Waals surface area (Å²) >= 11 is 6.10. The summed E-state index contributed by atoms with van der Waals surface area (Å²) in [5, 5.41) is 33.0. The minimum absolute atomic E-state index is 0.0726. The van der Waals surface area contributed by atoms with Crippen LogP contribution in [0.1, 0.15) is 16.1 Å². The van der Waals surface area contributed by atoms with Crippen LogP contribution in [0.2, 0.25) is 5.02 Å². The highest BCUT2D eigenvalue weighted by molar-refractivity contribution is 6.31. The van der Waals surface area contributed by atoms with Crippen molar-refractivity contribution < 1.29 is 34.2 Å². The number of aliphatic hydroxyl groups is 1. The first-order valence-electron chi connectivity index (χ1n) is 9.32. The predicted molar refractivity (Wildman–Crippen MR) is 113 cm³/mol. The van der Waals surface area contributed by atoms with E-state index in [-0.39, 0.29) is 12.3 Å². The normalized spacial score (nSPS) is 11.9. The quantitative estimate of drug-likeness (QED) is 0.352. The van der Waals surface area contributed by atoms with Crippen LogP contribution in [0.4, 0.5) is 0 Å². The number of carboxylic acid groups (broad SMARTS) is 1. The van der Waals surface area contributed by atoms with Gasteiger partial charge in [0.25, 0.3) is 5.88 Å². The fraction of sp³-hybridized carbons (Fsp3) is 0.190. The highest BCUT2D eigenvalue weighted by atomic mass is 35.5. The number of aromatic hydroxyl groups is 1. The Bertz CT molecular complexity index is 1100. The summed E-state index contributed by atoms with van der Waals surface area (Å²) < 4.78 is 10.1. The molecular formula is C21H20ClN3O7. The van der Waals surface area contributed by atoms with Crippen LogP contribution in [-0.2, 0) is 11.3 Å². The van der Waals surface area contributed by atoms with Gasteiger partial charge in [-0.2, -0.15) is 0 Å². The molecule has 0 spiro atoms. The second-order valence-corrected chi connectivity index (χ2v) is 7.20. The number of aliphatic carboxylic acids is 1. The third kappa shape index (κ3) is 5.76. The number of methoxy groups -OCH3 is 1. The number of hydrogen-bond donors (Lipinski definition) is 4. The maximum atomic E-state index is 12.3. The van der Waals surface area contributed by atoms with Crippen LogP contribution in [0.25, 0.3) is 11.1 Å². The SMILES string of the molecule is COc1ccc(Cl)cc1-c1ccc(CN(CC(O)C(=O)O)NC(=O)c2cc(O)no2)cc1. The van der Waals surface area contributed by atoms with Gasteiger partial charge in [0.05, 0.1) is 19.7 Å². The molecule has 1 aromatic heterocycles. The van der Waals surface area contributed by atoms with Crippen molar-refractivity contribution in [3.05, 3.63) is 64.9 Å². The van der Waals surface area contributed by atoms with Gasteiger partial charge in [0.1, 0.15) is 5.75 Å². The van der Waals surface area contributed by atoms with Gasteiger partial charge in [-0.25, -0.2) is 9.80 Å². The van der Waals surface area contributed by atoms with E-state index in [4.69, 9.17) is 21.4 Å². The number of ether oxygens (including phenoxy) is 1. The van der Waals surface area contributed by atoms with E-state index in [1.54, 1.807) is 37.4 Å². The number of carboxylic acids is 1. The fourth-order valence-corrected chi connectivity index (χ4v) is 3.10. The van der Waals surface area contributed by atoms with Crippen LogP contribution in [0, 0.1) is 0 Å². The van der Waals surface area contributed by atoms with Gasteiger partial charge < -0.3 is 24.6 Å². The molecule has 3 rings (SSSR count). The van der Waals surface area contributed by atoms with Gasteiger partial charge in [-0.15, -0.1) is 0 Å². The molecule has 1 heterocycles. The molecule has 0 bridgehead atoms. The van der Waals surface area contributed by atoms with E-state index in [1.807, 2.05) is 12.1 Å². The Balaban J connectivity index is 1.78. The van der Waals surface area contributed by atoms with E-state index in [1.165, 1.54) is 5.01 Å². The van der Waals surface area contributed by atoms with Crippen molar-refractivity contribution in [2.45, 2.75) is 12.6 Å². The third-order valence-electron chi connectivity index (χ3n) is 4.46. The number of aromatic nitrogens is 1. The van der Waals surface area contributed by atoms with E-state index in [0.29, 0.717) is 16.3 Å². The molecule has 168 valence electrons. The van der Waals surface area contributed by atoms with E-state index in [2.05, 4.69) is 15.1 Å². The van der Waals surface area contributed by atoms with Gasteiger partial charge in [-0.1, -0.05) is 35.9 Å². The average Bonchev–Trinajstić information content (AvgIpc) is 3.20. The largest absolute Gasteiger partial charge is 0.496 e. The maximum Gasteiger partial charge on any atom is 0.333 e. The summed E-state index contributed by atoms with van der Waals surface area (Å²) in [6.45, 7) is -0.325. The molecule has 0 saturated heterocycles. The van der Waals surface area contributed by atoms with Crippen LogP contribution >= 0.6 is 11.6 Å². The van der Waals surface area contributed by atoms with Gasteiger partial charge in [0, 0.05) is 17.1 Å². The second kappa shape index (κ2) is 10.1. The predicted octanol–water partition coefficient (Wildman–Crippen LogP) is 2.30. The number of carbonyl (C=O) groups excluding carboxylic acids is 1. The van der Waals surface area contributed by atoms with Crippen LogP contribution < -0.4 is 10.2 Å². The van der Waals surface area contributed by atoms with Crippen molar-refractivity contribution in [3.8, 4) is 22.8 Å².